The van der Waals surface area contributed by atoms with Crippen molar-refractivity contribution in [3.8, 4) is 0 Å². The number of carbonyl (C=O) groups excluding carboxylic acids is 1. The minimum absolute atomic E-state index is 0.366. The number of carbonyl (C=O) groups is 1. The molecule has 4 heteroatoms. The maximum Gasteiger partial charge on any atom is 0.407 e. The number of nitrogens with zero attached hydrogens (tertiary/aromatic N) is 1. The molecule has 2 aromatic rings. The molecule has 0 fully saturated rings. The van der Waals surface area contributed by atoms with Crippen LogP contribution in [0.5, 0.6) is 0 Å². The van der Waals surface area contributed by atoms with E-state index >= 15 is 0 Å². The molecule has 1 heterocycles. The predicted molar refractivity (Wildman–Crippen MR) is 132 cm³/mol. The molecule has 0 unspecified atom stereocenters. The Labute approximate surface area is 194 Å². The number of pyridine rings is 1. The summed E-state index contributed by atoms with van der Waals surface area (Å²) in [5.74, 6) is 0. The van der Waals surface area contributed by atoms with E-state index < -0.39 is 5.54 Å². The average molecular weight is 438 g/mol. The van der Waals surface area contributed by atoms with Crippen LogP contribution in [0.2, 0.25) is 0 Å². The summed E-state index contributed by atoms with van der Waals surface area (Å²) >= 11 is 0. The van der Waals surface area contributed by atoms with Crippen molar-refractivity contribution in [3.05, 3.63) is 72.1 Å². The summed E-state index contributed by atoms with van der Waals surface area (Å²) in [4.78, 5) is 12.3. The highest BCUT2D eigenvalue weighted by Crippen LogP contribution is 2.23. The van der Waals surface area contributed by atoms with Gasteiger partial charge in [0.15, 0.2) is 12.4 Å². The van der Waals surface area contributed by atoms with E-state index in [1.54, 1.807) is 0 Å². The van der Waals surface area contributed by atoms with Gasteiger partial charge in [-0.25, -0.2) is 9.36 Å². The second-order valence-electron chi connectivity index (χ2n) is 9.21. The number of nitrogens with one attached hydrogen (secondary N) is 1. The number of benzene rings is 1. The maximum atomic E-state index is 12.3. The molecule has 1 amide bonds. The molecule has 32 heavy (non-hydrogen) atoms. The molecule has 0 atom stereocenters. The van der Waals surface area contributed by atoms with Crippen LogP contribution in [0.15, 0.2) is 55.4 Å². The first-order valence-electron chi connectivity index (χ1n) is 12.0. The lowest BCUT2D eigenvalue weighted by Crippen LogP contribution is -2.41. The molecule has 1 N–H and O–H groups in total. The Balaban J connectivity index is 1.64. The minimum atomic E-state index is -0.508. The molecule has 2 rings (SSSR count). The first-order valence-corrected chi connectivity index (χ1v) is 12.0. The first-order chi connectivity index (χ1) is 15.3. The van der Waals surface area contributed by atoms with Gasteiger partial charge in [-0.1, -0.05) is 43.7 Å². The van der Waals surface area contributed by atoms with Gasteiger partial charge in [0.25, 0.3) is 0 Å². The summed E-state index contributed by atoms with van der Waals surface area (Å²) in [6.07, 6.45) is 11.9. The highest BCUT2D eigenvalue weighted by molar-refractivity contribution is 5.69. The Hall–Kier alpha value is -2.62. The number of amides is 1. The average Bonchev–Trinajstić information content (AvgIpc) is 2.77. The van der Waals surface area contributed by atoms with Crippen molar-refractivity contribution in [2.24, 2.45) is 0 Å². The van der Waals surface area contributed by atoms with Crippen LogP contribution < -0.4 is 9.88 Å². The molecule has 0 spiro atoms. The molecule has 1 aromatic heterocycles. The van der Waals surface area contributed by atoms with Gasteiger partial charge in [-0.15, -0.1) is 0 Å². The summed E-state index contributed by atoms with van der Waals surface area (Å²) < 4.78 is 7.71. The molecule has 0 aliphatic heterocycles. The number of unbranched alkanes of at least 4 members (excludes halogenated alkanes) is 4. The van der Waals surface area contributed by atoms with Gasteiger partial charge in [-0.3, -0.25) is 0 Å². The summed E-state index contributed by atoms with van der Waals surface area (Å²) in [6, 6.07) is 12.5. The van der Waals surface area contributed by atoms with Gasteiger partial charge in [0.2, 0.25) is 0 Å². The Bertz CT molecular complexity index is 873. The van der Waals surface area contributed by atoms with Gasteiger partial charge >= 0.3 is 6.09 Å². The standard InChI is InChI=1S/C28H40N2O2/c1-6-7-14-24-15-13-19-30(22-24)18-10-8-9-11-20-32-27(31)29-28(4,5)26-17-12-16-25(21-26)23(2)3/h12-13,15-17,19,21-22H,2,6-11,14,18,20H2,1,3-5H3/p+1. The summed E-state index contributed by atoms with van der Waals surface area (Å²) in [5.41, 5.74) is 4.03. The monoisotopic (exact) mass is 437 g/mol. The van der Waals surface area contributed by atoms with Crippen LogP contribution in [0.25, 0.3) is 5.57 Å². The van der Waals surface area contributed by atoms with E-state index in [0.29, 0.717) is 6.61 Å². The molecule has 0 saturated carbocycles. The van der Waals surface area contributed by atoms with Gasteiger partial charge < -0.3 is 10.1 Å². The molecule has 1 aromatic carbocycles. The number of alkyl carbamates (subject to hydrolysis) is 1. The maximum absolute atomic E-state index is 12.3. The molecule has 0 aliphatic rings. The van der Waals surface area contributed by atoms with Crippen molar-refractivity contribution < 1.29 is 14.1 Å². The number of allylic oxidation sites excluding steroid dienone is 1. The predicted octanol–water partition coefficient (Wildman–Crippen LogP) is 6.57. The number of hydrogen-bond acceptors (Lipinski definition) is 2. The van der Waals surface area contributed by atoms with Crippen molar-refractivity contribution in [2.45, 2.75) is 84.7 Å². The molecule has 4 nitrogen and oxygen atoms in total. The van der Waals surface area contributed by atoms with Crippen LogP contribution in [-0.4, -0.2) is 12.7 Å². The van der Waals surface area contributed by atoms with Gasteiger partial charge in [0, 0.05) is 18.1 Å². The van der Waals surface area contributed by atoms with Crippen LogP contribution >= 0.6 is 0 Å². The number of aryl methyl sites for hydroxylation is 2. The highest BCUT2D eigenvalue weighted by atomic mass is 16.5. The fourth-order valence-corrected chi connectivity index (χ4v) is 3.70. The zero-order valence-electron chi connectivity index (χ0n) is 20.5. The molecule has 0 aliphatic carbocycles. The molecule has 174 valence electrons. The summed E-state index contributed by atoms with van der Waals surface area (Å²) in [7, 11) is 0. The minimum Gasteiger partial charge on any atom is -0.450 e. The van der Waals surface area contributed by atoms with E-state index in [-0.39, 0.29) is 6.09 Å². The zero-order chi connectivity index (χ0) is 23.4. The van der Waals surface area contributed by atoms with E-state index in [0.717, 1.165) is 55.3 Å². The second-order valence-corrected chi connectivity index (χ2v) is 9.21. The van der Waals surface area contributed by atoms with Crippen LogP contribution in [0.4, 0.5) is 4.79 Å². The Morgan fingerprint density at radius 3 is 2.62 bits per heavy atom. The van der Waals surface area contributed by atoms with Gasteiger partial charge in [-0.2, -0.15) is 0 Å². The van der Waals surface area contributed by atoms with Crippen LogP contribution in [-0.2, 0) is 23.2 Å². The van der Waals surface area contributed by atoms with E-state index in [9.17, 15) is 4.79 Å². The quantitative estimate of drug-likeness (QED) is 0.284. The van der Waals surface area contributed by atoms with Gasteiger partial charge in [0.05, 0.1) is 12.1 Å². The van der Waals surface area contributed by atoms with Crippen LogP contribution in [0.3, 0.4) is 0 Å². The first kappa shape index (κ1) is 25.6. The van der Waals surface area contributed by atoms with Gasteiger partial charge in [0.1, 0.15) is 6.54 Å². The second kappa shape index (κ2) is 13.0. The van der Waals surface area contributed by atoms with Crippen molar-refractivity contribution in [2.75, 3.05) is 6.61 Å². The summed E-state index contributed by atoms with van der Waals surface area (Å²) in [5, 5.41) is 2.99. The van der Waals surface area contributed by atoms with Gasteiger partial charge in [-0.05, 0) is 76.1 Å². The highest BCUT2D eigenvalue weighted by Gasteiger charge is 2.23. The number of aromatic nitrogens is 1. The topological polar surface area (TPSA) is 42.2 Å². The molecule has 0 bridgehead atoms. The lowest BCUT2D eigenvalue weighted by atomic mass is 9.92. The lowest BCUT2D eigenvalue weighted by molar-refractivity contribution is -0.697. The molecular formula is C28H41N2O2+. The van der Waals surface area contributed by atoms with Crippen molar-refractivity contribution in [3.63, 3.8) is 0 Å². The Morgan fingerprint density at radius 2 is 1.88 bits per heavy atom. The molecule has 0 radical (unpaired) electrons. The number of hydrogen-bond donors (Lipinski definition) is 1. The Morgan fingerprint density at radius 1 is 1.09 bits per heavy atom. The van der Waals surface area contributed by atoms with Crippen LogP contribution in [0, 0.1) is 0 Å². The number of rotatable bonds is 13. The van der Waals surface area contributed by atoms with E-state index in [1.807, 2.05) is 39.0 Å². The third kappa shape index (κ3) is 8.86. The fraction of sp³-hybridized carbons (Fsp3) is 0.500. The third-order valence-electron chi connectivity index (χ3n) is 5.77. The summed E-state index contributed by atoms with van der Waals surface area (Å²) in [6.45, 7) is 13.7. The smallest absolute Gasteiger partial charge is 0.407 e. The molecule has 0 saturated heterocycles. The fourth-order valence-electron chi connectivity index (χ4n) is 3.70. The van der Waals surface area contributed by atoms with Crippen molar-refractivity contribution in [1.29, 1.82) is 0 Å². The zero-order valence-corrected chi connectivity index (χ0v) is 20.5. The lowest BCUT2D eigenvalue weighted by Gasteiger charge is -2.27. The van der Waals surface area contributed by atoms with E-state index in [2.05, 4.69) is 54.0 Å². The SMILES string of the molecule is C=C(C)c1cccc(C(C)(C)NC(=O)OCCCCCC[n+]2cccc(CCCC)c2)c1. The number of ether oxygens (including phenoxy) is 1. The van der Waals surface area contributed by atoms with Crippen molar-refractivity contribution >= 4 is 11.7 Å². The largest absolute Gasteiger partial charge is 0.450 e. The molecular weight excluding hydrogens is 396 g/mol. The third-order valence-corrected chi connectivity index (χ3v) is 5.77. The van der Waals surface area contributed by atoms with E-state index in [4.69, 9.17) is 4.74 Å². The van der Waals surface area contributed by atoms with Crippen molar-refractivity contribution in [1.82, 2.24) is 5.32 Å². The normalized spacial score (nSPS) is 11.2. The Kier molecular flexibility index (Phi) is 10.5. The van der Waals surface area contributed by atoms with Crippen LogP contribution in [0.1, 0.15) is 82.9 Å². The van der Waals surface area contributed by atoms with E-state index in [1.165, 1.54) is 18.4 Å².